The fourth-order valence-electron chi connectivity index (χ4n) is 1.24. The van der Waals surface area contributed by atoms with Gasteiger partial charge in [-0.3, -0.25) is 0 Å². The predicted molar refractivity (Wildman–Crippen MR) is 62.1 cm³/mol. The van der Waals surface area contributed by atoms with Gasteiger partial charge >= 0.3 is 0 Å². The van der Waals surface area contributed by atoms with Gasteiger partial charge in [-0.25, -0.2) is 4.39 Å². The summed E-state index contributed by atoms with van der Waals surface area (Å²) in [5.74, 6) is -0.268. The summed E-state index contributed by atoms with van der Waals surface area (Å²) in [6.07, 6.45) is 0. The normalized spacial score (nSPS) is 9.93. The van der Waals surface area contributed by atoms with Gasteiger partial charge in [0, 0.05) is 14.9 Å². The number of rotatable bonds is 1. The Balaban J connectivity index is 2.56. The molecule has 4 heteroatoms. The van der Waals surface area contributed by atoms with Crippen LogP contribution >= 0.6 is 27.3 Å². The van der Waals surface area contributed by atoms with Gasteiger partial charge in [-0.1, -0.05) is 18.2 Å². The van der Waals surface area contributed by atoms with Crippen LogP contribution in [0.25, 0.3) is 10.4 Å². The van der Waals surface area contributed by atoms with Gasteiger partial charge < -0.3 is 0 Å². The van der Waals surface area contributed by atoms with Crippen LogP contribution in [0.2, 0.25) is 0 Å². The van der Waals surface area contributed by atoms with Crippen molar-refractivity contribution >= 4 is 27.3 Å². The Morgan fingerprint density at radius 2 is 2.07 bits per heavy atom. The number of nitrogens with zero attached hydrogens (tertiary/aromatic N) is 1. The van der Waals surface area contributed by atoms with Crippen LogP contribution < -0.4 is 0 Å². The van der Waals surface area contributed by atoms with Gasteiger partial charge in [0.1, 0.15) is 16.8 Å². The first-order valence-electron chi connectivity index (χ1n) is 4.16. The lowest BCUT2D eigenvalue weighted by atomic mass is 10.2. The third kappa shape index (κ3) is 1.94. The largest absolute Gasteiger partial charge is 0.206 e. The second kappa shape index (κ2) is 4.13. The van der Waals surface area contributed by atoms with Crippen LogP contribution in [0.5, 0.6) is 0 Å². The van der Waals surface area contributed by atoms with E-state index in [-0.39, 0.29) is 5.82 Å². The maximum atomic E-state index is 13.4. The first-order chi connectivity index (χ1) is 7.22. The first-order valence-corrected chi connectivity index (χ1v) is 5.77. The molecule has 0 amide bonds. The van der Waals surface area contributed by atoms with Crippen molar-refractivity contribution in [1.82, 2.24) is 0 Å². The van der Waals surface area contributed by atoms with Crippen molar-refractivity contribution in [2.24, 2.45) is 0 Å². The number of halogens is 2. The van der Waals surface area contributed by atoms with Gasteiger partial charge in [0.05, 0.1) is 0 Å². The average Bonchev–Trinajstić information content (AvgIpc) is 2.60. The minimum Gasteiger partial charge on any atom is -0.206 e. The Kier molecular flexibility index (Phi) is 2.85. The van der Waals surface area contributed by atoms with E-state index in [1.165, 1.54) is 17.4 Å². The first kappa shape index (κ1) is 10.3. The van der Waals surface area contributed by atoms with Gasteiger partial charge in [-0.2, -0.15) is 5.26 Å². The summed E-state index contributed by atoms with van der Waals surface area (Å²) in [4.78, 5) is 1.32. The molecule has 1 heterocycles. The minimum atomic E-state index is -0.268. The molecule has 1 aromatic carbocycles. The third-order valence-corrected chi connectivity index (χ3v) is 3.89. The Morgan fingerprint density at radius 1 is 1.33 bits per heavy atom. The van der Waals surface area contributed by atoms with Crippen molar-refractivity contribution in [3.63, 3.8) is 0 Å². The van der Waals surface area contributed by atoms with Gasteiger partial charge in [-0.05, 0) is 28.1 Å². The highest BCUT2D eigenvalue weighted by molar-refractivity contribution is 9.10. The smallest absolute Gasteiger partial charge is 0.131 e. The molecule has 0 saturated carbocycles. The van der Waals surface area contributed by atoms with Crippen LogP contribution in [-0.4, -0.2) is 0 Å². The molecule has 0 bridgehead atoms. The van der Waals surface area contributed by atoms with E-state index in [2.05, 4.69) is 22.0 Å². The molecule has 2 aromatic rings. The predicted octanol–water partition coefficient (Wildman–Crippen LogP) is 4.19. The van der Waals surface area contributed by atoms with E-state index in [0.717, 1.165) is 4.88 Å². The molecular formula is C11H5BrFNS. The Morgan fingerprint density at radius 3 is 2.67 bits per heavy atom. The Hall–Kier alpha value is -1.18. The Labute approximate surface area is 98.9 Å². The van der Waals surface area contributed by atoms with Gasteiger partial charge in [0.2, 0.25) is 0 Å². The monoisotopic (exact) mass is 281 g/mol. The lowest BCUT2D eigenvalue weighted by Crippen LogP contribution is -1.78. The van der Waals surface area contributed by atoms with E-state index in [1.807, 2.05) is 0 Å². The molecule has 0 atom stereocenters. The van der Waals surface area contributed by atoms with Crippen LogP contribution in [0.15, 0.2) is 34.8 Å². The summed E-state index contributed by atoms with van der Waals surface area (Å²) in [5, 5.41) is 8.78. The van der Waals surface area contributed by atoms with Crippen molar-refractivity contribution in [3.8, 4) is 16.5 Å². The fourth-order valence-corrected chi connectivity index (χ4v) is 2.82. The highest BCUT2D eigenvalue weighted by Gasteiger charge is 2.10. The minimum absolute atomic E-state index is 0.268. The lowest BCUT2D eigenvalue weighted by Gasteiger charge is -1.97. The van der Waals surface area contributed by atoms with Crippen molar-refractivity contribution in [2.75, 3.05) is 0 Å². The number of thiophene rings is 1. The molecule has 1 nitrogen and oxygen atoms in total. The standard InChI is InChI=1S/C11H5BrFNS/c12-8-5-10(15-11(8)6-14)7-3-1-2-4-9(7)13/h1-5H. The van der Waals surface area contributed by atoms with Crippen molar-refractivity contribution in [3.05, 3.63) is 45.5 Å². The van der Waals surface area contributed by atoms with Gasteiger partial charge in [-0.15, -0.1) is 11.3 Å². The molecule has 0 fully saturated rings. The van der Waals surface area contributed by atoms with E-state index in [4.69, 9.17) is 5.26 Å². The quantitative estimate of drug-likeness (QED) is 0.769. The number of hydrogen-bond acceptors (Lipinski definition) is 2. The summed E-state index contributed by atoms with van der Waals surface area (Å²) in [6, 6.07) is 10.4. The molecule has 0 radical (unpaired) electrons. The highest BCUT2D eigenvalue weighted by atomic mass is 79.9. The molecule has 0 aliphatic heterocycles. The van der Waals surface area contributed by atoms with Crippen LogP contribution in [0.1, 0.15) is 4.88 Å². The third-order valence-electron chi connectivity index (χ3n) is 1.93. The van der Waals surface area contributed by atoms with Crippen molar-refractivity contribution < 1.29 is 4.39 Å². The number of nitriles is 1. The second-order valence-electron chi connectivity index (χ2n) is 2.88. The number of hydrogen-bond donors (Lipinski definition) is 0. The maximum absolute atomic E-state index is 13.4. The topological polar surface area (TPSA) is 23.8 Å². The van der Waals surface area contributed by atoms with Crippen LogP contribution in [0.3, 0.4) is 0 Å². The molecule has 74 valence electrons. The molecule has 0 unspecified atom stereocenters. The summed E-state index contributed by atoms with van der Waals surface area (Å²) in [6.45, 7) is 0. The number of benzene rings is 1. The molecular weight excluding hydrogens is 277 g/mol. The van der Waals surface area contributed by atoms with E-state index in [0.29, 0.717) is 14.9 Å². The van der Waals surface area contributed by atoms with E-state index in [9.17, 15) is 4.39 Å². The molecule has 15 heavy (non-hydrogen) atoms. The van der Waals surface area contributed by atoms with E-state index in [1.54, 1.807) is 24.3 Å². The molecule has 1 aromatic heterocycles. The molecule has 2 rings (SSSR count). The van der Waals surface area contributed by atoms with Crippen molar-refractivity contribution in [2.45, 2.75) is 0 Å². The highest BCUT2D eigenvalue weighted by Crippen LogP contribution is 2.35. The van der Waals surface area contributed by atoms with Crippen molar-refractivity contribution in [1.29, 1.82) is 5.26 Å². The zero-order chi connectivity index (χ0) is 10.8. The van der Waals surface area contributed by atoms with E-state index >= 15 is 0 Å². The molecule has 0 spiro atoms. The van der Waals surface area contributed by atoms with Gasteiger partial charge in [0.15, 0.2) is 0 Å². The summed E-state index contributed by atoms with van der Waals surface area (Å²) in [5.41, 5.74) is 0.532. The lowest BCUT2D eigenvalue weighted by molar-refractivity contribution is 0.631. The van der Waals surface area contributed by atoms with Crippen LogP contribution in [0.4, 0.5) is 4.39 Å². The molecule has 0 aliphatic carbocycles. The zero-order valence-corrected chi connectivity index (χ0v) is 9.90. The summed E-state index contributed by atoms with van der Waals surface area (Å²) >= 11 is 4.54. The Bertz CT molecular complexity index is 542. The zero-order valence-electron chi connectivity index (χ0n) is 7.50. The van der Waals surface area contributed by atoms with Gasteiger partial charge in [0.25, 0.3) is 0 Å². The van der Waals surface area contributed by atoms with Crippen LogP contribution in [-0.2, 0) is 0 Å². The molecule has 0 aliphatic rings. The molecule has 0 saturated heterocycles. The second-order valence-corrected chi connectivity index (χ2v) is 4.79. The maximum Gasteiger partial charge on any atom is 0.131 e. The summed E-state index contributed by atoms with van der Waals surface area (Å²) in [7, 11) is 0. The van der Waals surface area contributed by atoms with E-state index < -0.39 is 0 Å². The average molecular weight is 282 g/mol. The van der Waals surface area contributed by atoms with Crippen LogP contribution in [0, 0.1) is 17.1 Å². The fraction of sp³-hybridized carbons (Fsp3) is 0. The molecule has 0 N–H and O–H groups in total. The summed E-state index contributed by atoms with van der Waals surface area (Å²) < 4.78 is 14.1. The SMILES string of the molecule is N#Cc1sc(-c2ccccc2F)cc1Br.